The van der Waals surface area contributed by atoms with Gasteiger partial charge in [0.05, 0.1) is 32.0 Å². The summed E-state index contributed by atoms with van der Waals surface area (Å²) in [7, 11) is 0. The molecule has 3 heterocycles. The molecule has 0 amide bonds. The molecule has 4 rings (SSSR count). The Labute approximate surface area is 174 Å². The molecule has 3 aliphatic rings. The van der Waals surface area contributed by atoms with E-state index in [9.17, 15) is 5.11 Å². The summed E-state index contributed by atoms with van der Waals surface area (Å²) in [4.78, 5) is 7.06. The maximum atomic E-state index is 11.0. The zero-order valence-electron chi connectivity index (χ0n) is 17.4. The van der Waals surface area contributed by atoms with Crippen molar-refractivity contribution < 1.29 is 19.3 Å². The summed E-state index contributed by atoms with van der Waals surface area (Å²) in [5, 5.41) is 11.0. The van der Waals surface area contributed by atoms with Crippen LogP contribution in [0.3, 0.4) is 0 Å². The molecule has 7 heteroatoms. The number of rotatable bonds is 8. The summed E-state index contributed by atoms with van der Waals surface area (Å²) >= 11 is 0. The van der Waals surface area contributed by atoms with Gasteiger partial charge in [-0.25, -0.2) is 0 Å². The molecule has 0 aliphatic carbocycles. The van der Waals surface area contributed by atoms with Gasteiger partial charge in [0.1, 0.15) is 12.4 Å². The number of likely N-dealkylation sites (tertiary alicyclic amines) is 1. The Morgan fingerprint density at radius 1 is 0.862 bits per heavy atom. The van der Waals surface area contributed by atoms with Crippen LogP contribution in [-0.2, 0) is 16.0 Å². The van der Waals surface area contributed by atoms with Crippen LogP contribution in [0.2, 0.25) is 0 Å². The van der Waals surface area contributed by atoms with Crippen molar-refractivity contribution >= 4 is 0 Å². The normalized spacial score (nSPS) is 27.3. The van der Waals surface area contributed by atoms with Gasteiger partial charge in [0.25, 0.3) is 0 Å². The zero-order chi connectivity index (χ0) is 19.9. The predicted octanol–water partition coefficient (Wildman–Crippen LogP) is 0.667. The van der Waals surface area contributed by atoms with E-state index in [0.29, 0.717) is 6.61 Å². The number of benzene rings is 1. The molecule has 1 aromatic rings. The smallest absolute Gasteiger partial charge is 0.119 e. The molecule has 0 radical (unpaired) electrons. The first-order chi connectivity index (χ1) is 14.2. The number of morpholine rings is 2. The first-order valence-corrected chi connectivity index (χ1v) is 11.0. The van der Waals surface area contributed by atoms with Crippen molar-refractivity contribution in [3.63, 3.8) is 0 Å². The Morgan fingerprint density at radius 3 is 2.21 bits per heavy atom. The van der Waals surface area contributed by atoms with E-state index in [2.05, 4.69) is 39.0 Å². The summed E-state index contributed by atoms with van der Waals surface area (Å²) in [6, 6.07) is 8.40. The fourth-order valence-electron chi connectivity index (χ4n) is 4.45. The Hall–Kier alpha value is -1.22. The molecule has 1 atom stereocenters. The number of hydrogen-bond acceptors (Lipinski definition) is 7. The first-order valence-electron chi connectivity index (χ1n) is 11.0. The van der Waals surface area contributed by atoms with Crippen LogP contribution in [0.4, 0.5) is 0 Å². The molecule has 29 heavy (non-hydrogen) atoms. The number of β-amino-alcohol motifs (C(OH)–C–C–N with tert-alkyl or cyclic N) is 1. The van der Waals surface area contributed by atoms with E-state index in [-0.39, 0.29) is 0 Å². The fraction of sp³-hybridized carbons (Fsp3) is 0.727. The molecule has 1 N–H and O–H groups in total. The van der Waals surface area contributed by atoms with E-state index in [4.69, 9.17) is 14.2 Å². The van der Waals surface area contributed by atoms with Crippen molar-refractivity contribution in [2.24, 2.45) is 0 Å². The van der Waals surface area contributed by atoms with Crippen molar-refractivity contribution in [3.05, 3.63) is 29.8 Å². The SMILES string of the molecule is O[C@@]1(CN2CCOCC2)CCN(Cc2ccc(OCCN3CCOCC3)cc2)C1. The van der Waals surface area contributed by atoms with Crippen LogP contribution >= 0.6 is 0 Å². The summed E-state index contributed by atoms with van der Waals surface area (Å²) in [5.41, 5.74) is 0.668. The highest BCUT2D eigenvalue weighted by atomic mass is 16.5. The molecule has 0 aromatic heterocycles. The van der Waals surface area contributed by atoms with Crippen molar-refractivity contribution in [1.82, 2.24) is 14.7 Å². The average Bonchev–Trinajstić information content (AvgIpc) is 3.11. The van der Waals surface area contributed by atoms with Crippen molar-refractivity contribution in [3.8, 4) is 5.75 Å². The van der Waals surface area contributed by atoms with Crippen LogP contribution in [0, 0.1) is 0 Å². The third-order valence-corrected chi connectivity index (χ3v) is 6.14. The van der Waals surface area contributed by atoms with Crippen molar-refractivity contribution in [1.29, 1.82) is 0 Å². The minimum atomic E-state index is -0.597. The second-order valence-electron chi connectivity index (χ2n) is 8.52. The molecule has 1 aromatic carbocycles. The molecule has 0 saturated carbocycles. The average molecular weight is 406 g/mol. The standard InChI is InChI=1S/C22H35N3O4/c26-22(18-24-9-14-28-15-10-24)5-6-25(19-22)17-20-1-3-21(4-2-20)29-16-11-23-7-12-27-13-8-23/h1-4,26H,5-19H2/t22-/m1/s1. The van der Waals surface area contributed by atoms with Gasteiger partial charge in [-0.3, -0.25) is 14.7 Å². The first kappa shape index (κ1) is 21.0. The monoisotopic (exact) mass is 405 g/mol. The molecule has 0 bridgehead atoms. The second-order valence-corrected chi connectivity index (χ2v) is 8.52. The van der Waals surface area contributed by atoms with Crippen LogP contribution in [-0.4, -0.2) is 111 Å². The number of hydrogen-bond donors (Lipinski definition) is 1. The highest BCUT2D eigenvalue weighted by Gasteiger charge is 2.37. The van der Waals surface area contributed by atoms with E-state index >= 15 is 0 Å². The van der Waals surface area contributed by atoms with Crippen LogP contribution in [0.1, 0.15) is 12.0 Å². The zero-order valence-corrected chi connectivity index (χ0v) is 17.4. The molecule has 3 aliphatic heterocycles. The molecule has 0 unspecified atom stereocenters. The third-order valence-electron chi connectivity index (χ3n) is 6.14. The molecule has 3 saturated heterocycles. The lowest BCUT2D eigenvalue weighted by Crippen LogP contribution is -2.48. The van der Waals surface area contributed by atoms with E-state index in [1.807, 2.05) is 0 Å². The summed E-state index contributed by atoms with van der Waals surface area (Å²) in [5.74, 6) is 0.923. The third kappa shape index (κ3) is 6.38. The van der Waals surface area contributed by atoms with Gasteiger partial charge in [-0.1, -0.05) is 12.1 Å². The summed E-state index contributed by atoms with van der Waals surface area (Å²) in [6.07, 6.45) is 0.840. The highest BCUT2D eigenvalue weighted by molar-refractivity contribution is 5.27. The lowest BCUT2D eigenvalue weighted by molar-refractivity contribution is -0.0266. The lowest BCUT2D eigenvalue weighted by Gasteiger charge is -2.33. The minimum Gasteiger partial charge on any atom is -0.492 e. The number of aliphatic hydroxyl groups is 1. The molecule has 0 spiro atoms. The Balaban J connectivity index is 1.18. The van der Waals surface area contributed by atoms with Crippen LogP contribution < -0.4 is 4.74 Å². The predicted molar refractivity (Wildman–Crippen MR) is 111 cm³/mol. The van der Waals surface area contributed by atoms with Crippen molar-refractivity contribution in [2.45, 2.75) is 18.6 Å². The van der Waals surface area contributed by atoms with Gasteiger partial charge >= 0.3 is 0 Å². The van der Waals surface area contributed by atoms with Gasteiger partial charge < -0.3 is 19.3 Å². The maximum Gasteiger partial charge on any atom is 0.119 e. The van der Waals surface area contributed by atoms with Crippen molar-refractivity contribution in [2.75, 3.05) is 85.4 Å². The number of nitrogens with zero attached hydrogens (tertiary/aromatic N) is 3. The quantitative estimate of drug-likeness (QED) is 0.682. The Morgan fingerprint density at radius 2 is 1.52 bits per heavy atom. The van der Waals surface area contributed by atoms with Gasteiger partial charge in [0.15, 0.2) is 0 Å². The van der Waals surface area contributed by atoms with Gasteiger partial charge in [-0.2, -0.15) is 0 Å². The van der Waals surface area contributed by atoms with E-state index < -0.39 is 5.60 Å². The molecular weight excluding hydrogens is 370 g/mol. The van der Waals surface area contributed by atoms with Gasteiger partial charge in [0, 0.05) is 58.9 Å². The molecular formula is C22H35N3O4. The van der Waals surface area contributed by atoms with E-state index in [1.165, 1.54) is 5.56 Å². The molecule has 7 nitrogen and oxygen atoms in total. The molecule has 162 valence electrons. The largest absolute Gasteiger partial charge is 0.492 e. The van der Waals surface area contributed by atoms with E-state index in [1.54, 1.807) is 0 Å². The van der Waals surface area contributed by atoms with Gasteiger partial charge in [-0.05, 0) is 24.1 Å². The Bertz CT molecular complexity index is 617. The van der Waals surface area contributed by atoms with Crippen LogP contribution in [0.25, 0.3) is 0 Å². The topological polar surface area (TPSA) is 57.6 Å². The Kier molecular flexibility index (Phi) is 7.39. The number of ether oxygens (including phenoxy) is 3. The van der Waals surface area contributed by atoms with Gasteiger partial charge in [0.2, 0.25) is 0 Å². The highest BCUT2D eigenvalue weighted by Crippen LogP contribution is 2.25. The summed E-state index contributed by atoms with van der Waals surface area (Å²) in [6.45, 7) is 12.0. The maximum absolute atomic E-state index is 11.0. The van der Waals surface area contributed by atoms with Gasteiger partial charge in [-0.15, -0.1) is 0 Å². The second kappa shape index (κ2) is 10.2. The fourth-order valence-corrected chi connectivity index (χ4v) is 4.45. The van der Waals surface area contributed by atoms with Crippen LogP contribution in [0.5, 0.6) is 5.75 Å². The van der Waals surface area contributed by atoms with E-state index in [0.717, 1.165) is 97.5 Å². The summed E-state index contributed by atoms with van der Waals surface area (Å²) < 4.78 is 16.7. The molecule has 3 fully saturated rings. The lowest BCUT2D eigenvalue weighted by atomic mass is 10.0. The van der Waals surface area contributed by atoms with Crippen LogP contribution in [0.15, 0.2) is 24.3 Å². The minimum absolute atomic E-state index is 0.597.